The van der Waals surface area contributed by atoms with Crippen molar-refractivity contribution in [2.24, 2.45) is 0 Å². The lowest BCUT2D eigenvalue weighted by molar-refractivity contribution is -0.139. The fraction of sp³-hybridized carbons (Fsp3) is 0.400. The second-order valence-electron chi connectivity index (χ2n) is 8.48. The average molecular weight is 410 g/mol. The molecule has 0 saturated heterocycles. The second kappa shape index (κ2) is 9.59. The molecule has 0 fully saturated rings. The zero-order chi connectivity index (χ0) is 20.9. The zero-order valence-electron chi connectivity index (χ0n) is 17.9. The van der Waals surface area contributed by atoms with Gasteiger partial charge in [-0.05, 0) is 59.7 Å². The van der Waals surface area contributed by atoms with Crippen LogP contribution >= 0.6 is 8.15 Å². The van der Waals surface area contributed by atoms with Gasteiger partial charge >= 0.3 is 5.97 Å². The first-order valence-corrected chi connectivity index (χ1v) is 11.6. The van der Waals surface area contributed by atoms with E-state index in [1.165, 1.54) is 30.6 Å². The lowest BCUT2D eigenvalue weighted by atomic mass is 9.83. The van der Waals surface area contributed by atoms with Crippen molar-refractivity contribution >= 4 is 19.4 Å². The normalized spacial score (nSPS) is 15.4. The van der Waals surface area contributed by atoms with Gasteiger partial charge in [0.2, 0.25) is 0 Å². The van der Waals surface area contributed by atoms with E-state index >= 15 is 0 Å². The Morgan fingerprint density at radius 1 is 1.07 bits per heavy atom. The van der Waals surface area contributed by atoms with Crippen molar-refractivity contribution < 1.29 is 14.1 Å². The summed E-state index contributed by atoms with van der Waals surface area (Å²) in [5.41, 5.74) is 2.03. The van der Waals surface area contributed by atoms with Crippen molar-refractivity contribution in [2.45, 2.75) is 58.3 Å². The summed E-state index contributed by atoms with van der Waals surface area (Å²) in [5, 5.41) is 2.67. The molecule has 4 heteroatoms. The molecule has 3 nitrogen and oxygen atoms in total. The molecular weight excluding hydrogens is 379 g/mol. The summed E-state index contributed by atoms with van der Waals surface area (Å²) in [5.74, 6) is 0.646. The Balaban J connectivity index is 1.95. The molecule has 0 saturated carbocycles. The SMILES string of the molecule is COC(=O)Cc1ccc(OP(C2=CCCCC2)c2ccccc2)cc1C(C)(C)C. The summed E-state index contributed by atoms with van der Waals surface area (Å²) in [7, 11) is 0.574. The maximum Gasteiger partial charge on any atom is 0.309 e. The van der Waals surface area contributed by atoms with E-state index in [1.807, 2.05) is 18.2 Å². The summed E-state index contributed by atoms with van der Waals surface area (Å²) < 4.78 is 11.5. The third-order valence-corrected chi connectivity index (χ3v) is 7.26. The fourth-order valence-electron chi connectivity index (χ4n) is 3.64. The highest BCUT2D eigenvalue weighted by Crippen LogP contribution is 2.49. The molecule has 0 N–H and O–H groups in total. The number of esters is 1. The van der Waals surface area contributed by atoms with Crippen LogP contribution in [0.15, 0.2) is 59.9 Å². The Kier molecular flexibility index (Phi) is 7.14. The minimum atomic E-state index is -0.858. The van der Waals surface area contributed by atoms with Gasteiger partial charge in [0.25, 0.3) is 0 Å². The Hall–Kier alpha value is -2.12. The standard InChI is InChI=1S/C25H31O3P/c1-25(2,3)23-18-20(16-15-19(23)17-24(26)27-4)28-29(21-11-7-5-8-12-21)22-13-9-6-10-14-22/h5,7-8,11-13,15-16,18H,6,9-10,14,17H2,1-4H3. The predicted molar refractivity (Wildman–Crippen MR) is 121 cm³/mol. The number of hydrogen-bond acceptors (Lipinski definition) is 3. The largest absolute Gasteiger partial charge is 0.469 e. The Morgan fingerprint density at radius 3 is 2.45 bits per heavy atom. The lowest BCUT2D eigenvalue weighted by Crippen LogP contribution is -2.17. The van der Waals surface area contributed by atoms with E-state index in [0.717, 1.165) is 29.7 Å². The van der Waals surface area contributed by atoms with Crippen molar-refractivity contribution in [3.8, 4) is 5.75 Å². The van der Waals surface area contributed by atoms with Crippen LogP contribution in [0.4, 0.5) is 0 Å². The molecule has 0 aliphatic heterocycles. The summed E-state index contributed by atoms with van der Waals surface area (Å²) in [4.78, 5) is 11.9. The van der Waals surface area contributed by atoms with E-state index in [0.29, 0.717) is 0 Å². The van der Waals surface area contributed by atoms with Crippen molar-refractivity contribution in [3.63, 3.8) is 0 Å². The summed E-state index contributed by atoms with van der Waals surface area (Å²) in [6, 6.07) is 16.7. The third kappa shape index (κ3) is 5.70. The first-order chi connectivity index (χ1) is 13.9. The maximum atomic E-state index is 11.9. The second-order valence-corrected chi connectivity index (χ2v) is 10.3. The van der Waals surface area contributed by atoms with E-state index in [4.69, 9.17) is 9.26 Å². The molecule has 0 aromatic heterocycles. The fourth-order valence-corrected chi connectivity index (χ4v) is 5.62. The quantitative estimate of drug-likeness (QED) is 0.417. The molecule has 0 bridgehead atoms. The molecule has 2 aromatic rings. The average Bonchev–Trinajstić information content (AvgIpc) is 2.73. The van der Waals surface area contributed by atoms with Crippen LogP contribution in [0.2, 0.25) is 0 Å². The molecule has 1 aliphatic rings. The van der Waals surface area contributed by atoms with Crippen LogP contribution in [0.3, 0.4) is 0 Å². The molecule has 1 aliphatic carbocycles. The van der Waals surface area contributed by atoms with Gasteiger partial charge < -0.3 is 9.26 Å². The summed E-state index contributed by atoms with van der Waals surface area (Å²) >= 11 is 0. The number of carbonyl (C=O) groups excluding carboxylic acids is 1. The highest BCUT2D eigenvalue weighted by molar-refractivity contribution is 7.65. The highest BCUT2D eigenvalue weighted by Gasteiger charge is 2.24. The van der Waals surface area contributed by atoms with E-state index in [1.54, 1.807) is 0 Å². The number of benzene rings is 2. The number of rotatable bonds is 6. The first kappa shape index (κ1) is 21.6. The van der Waals surface area contributed by atoms with Crippen LogP contribution in [-0.2, 0) is 21.4 Å². The molecule has 1 atom stereocenters. The van der Waals surface area contributed by atoms with Crippen molar-refractivity contribution in [3.05, 3.63) is 71.0 Å². The topological polar surface area (TPSA) is 35.5 Å². The van der Waals surface area contributed by atoms with Crippen LogP contribution in [0.25, 0.3) is 0 Å². The molecule has 154 valence electrons. The lowest BCUT2D eigenvalue weighted by Gasteiger charge is -2.27. The van der Waals surface area contributed by atoms with E-state index < -0.39 is 8.15 Å². The van der Waals surface area contributed by atoms with Gasteiger partial charge in [-0.15, -0.1) is 0 Å². The Morgan fingerprint density at radius 2 is 1.83 bits per heavy atom. The van der Waals surface area contributed by atoms with Gasteiger partial charge in [-0.2, -0.15) is 0 Å². The molecule has 0 amide bonds. The number of methoxy groups -OCH3 is 1. The van der Waals surface area contributed by atoms with Gasteiger partial charge in [0.1, 0.15) is 13.9 Å². The van der Waals surface area contributed by atoms with Gasteiger partial charge in [-0.25, -0.2) is 0 Å². The van der Waals surface area contributed by atoms with Crippen LogP contribution in [0.1, 0.15) is 57.6 Å². The van der Waals surface area contributed by atoms with Crippen LogP contribution < -0.4 is 9.83 Å². The van der Waals surface area contributed by atoms with Gasteiger partial charge in [0, 0.05) is 5.30 Å². The summed E-state index contributed by atoms with van der Waals surface area (Å²) in [6.45, 7) is 6.49. The zero-order valence-corrected chi connectivity index (χ0v) is 18.8. The molecule has 2 aromatic carbocycles. The van der Waals surface area contributed by atoms with Gasteiger partial charge in [-0.1, -0.05) is 63.2 Å². The Bertz CT molecular complexity index is 865. The van der Waals surface area contributed by atoms with Gasteiger partial charge in [0.05, 0.1) is 13.5 Å². The number of ether oxygens (including phenoxy) is 1. The number of carbonyl (C=O) groups is 1. The molecule has 3 rings (SSSR count). The van der Waals surface area contributed by atoms with Crippen LogP contribution in [-0.4, -0.2) is 13.1 Å². The van der Waals surface area contributed by atoms with Crippen molar-refractivity contribution in [1.29, 1.82) is 0 Å². The van der Waals surface area contributed by atoms with E-state index in [-0.39, 0.29) is 17.8 Å². The van der Waals surface area contributed by atoms with Crippen LogP contribution in [0, 0.1) is 0 Å². The van der Waals surface area contributed by atoms with Gasteiger partial charge in [0.15, 0.2) is 0 Å². The minimum absolute atomic E-state index is 0.0949. The third-order valence-electron chi connectivity index (χ3n) is 5.17. The van der Waals surface area contributed by atoms with Crippen LogP contribution in [0.5, 0.6) is 5.75 Å². The molecular formula is C25H31O3P. The highest BCUT2D eigenvalue weighted by atomic mass is 31.1. The van der Waals surface area contributed by atoms with Crippen molar-refractivity contribution in [1.82, 2.24) is 0 Å². The minimum Gasteiger partial charge on any atom is -0.469 e. The number of hydrogen-bond donors (Lipinski definition) is 0. The summed E-state index contributed by atoms with van der Waals surface area (Å²) in [6.07, 6.45) is 7.38. The predicted octanol–water partition coefficient (Wildman–Crippen LogP) is 6.26. The molecule has 1 unspecified atom stereocenters. The van der Waals surface area contributed by atoms with Crippen molar-refractivity contribution in [2.75, 3.05) is 7.11 Å². The number of allylic oxidation sites excluding steroid dienone is 2. The van der Waals surface area contributed by atoms with Gasteiger partial charge in [-0.3, -0.25) is 4.79 Å². The first-order valence-electron chi connectivity index (χ1n) is 10.3. The Labute approximate surface area is 176 Å². The molecule has 0 spiro atoms. The maximum absolute atomic E-state index is 11.9. The smallest absolute Gasteiger partial charge is 0.309 e. The molecule has 0 radical (unpaired) electrons. The molecule has 29 heavy (non-hydrogen) atoms. The monoisotopic (exact) mass is 410 g/mol. The van der Waals surface area contributed by atoms with E-state index in [9.17, 15) is 4.79 Å². The molecule has 0 heterocycles. The van der Waals surface area contributed by atoms with E-state index in [2.05, 4.69) is 57.2 Å².